The first-order valence-corrected chi connectivity index (χ1v) is 5.56. The zero-order valence-electron chi connectivity index (χ0n) is 7.81. The van der Waals surface area contributed by atoms with Gasteiger partial charge in [0.25, 0.3) is 0 Å². The Kier molecular flexibility index (Phi) is 1.89. The maximum absolute atomic E-state index is 9.86. The monoisotopic (exact) mass is 264 g/mol. The van der Waals surface area contributed by atoms with E-state index in [2.05, 4.69) is 15.9 Å². The van der Waals surface area contributed by atoms with Crippen LogP contribution in [0, 0.1) is 0 Å². The van der Waals surface area contributed by atoms with E-state index in [0.29, 0.717) is 0 Å². The second kappa shape index (κ2) is 3.04. The summed E-state index contributed by atoms with van der Waals surface area (Å²) in [5, 5.41) is 21.7. The van der Waals surface area contributed by atoms with Gasteiger partial charge in [-0.3, -0.25) is 0 Å². The van der Waals surface area contributed by atoms with Crippen LogP contribution in [0.2, 0.25) is 0 Å². The van der Waals surface area contributed by atoms with Gasteiger partial charge in [0, 0.05) is 4.47 Å². The molecule has 0 fully saturated rings. The minimum absolute atomic E-state index is 0.794. The molecule has 2 aromatic carbocycles. The summed E-state index contributed by atoms with van der Waals surface area (Å²) in [6.45, 7) is 0. The number of rotatable bonds is 0. The van der Waals surface area contributed by atoms with Gasteiger partial charge in [-0.05, 0) is 28.0 Å². The molecule has 0 saturated carbocycles. The molecular formula is C12H9BrO2. The van der Waals surface area contributed by atoms with E-state index in [9.17, 15) is 10.2 Å². The smallest absolute Gasteiger partial charge is 0.110 e. The third kappa shape index (κ3) is 1.11. The molecule has 2 N–H and O–H groups in total. The predicted octanol–water partition coefficient (Wildman–Crippen LogP) is 2.68. The molecule has 0 aromatic heterocycles. The molecular weight excluding hydrogens is 256 g/mol. The van der Waals surface area contributed by atoms with Crippen molar-refractivity contribution in [1.82, 2.24) is 0 Å². The lowest BCUT2D eigenvalue weighted by Gasteiger charge is -2.08. The third-order valence-electron chi connectivity index (χ3n) is 2.99. The van der Waals surface area contributed by atoms with Crippen LogP contribution in [-0.2, 0) is 0 Å². The minimum atomic E-state index is -0.794. The normalized spacial score (nSPS) is 23.7. The Morgan fingerprint density at radius 1 is 0.933 bits per heavy atom. The van der Waals surface area contributed by atoms with Crippen molar-refractivity contribution in [3.63, 3.8) is 0 Å². The number of halogens is 1. The minimum Gasteiger partial charge on any atom is -0.385 e. The maximum Gasteiger partial charge on any atom is 0.110 e. The highest BCUT2D eigenvalue weighted by Crippen LogP contribution is 2.45. The second-order valence-corrected chi connectivity index (χ2v) is 4.65. The van der Waals surface area contributed by atoms with Crippen molar-refractivity contribution >= 4 is 26.7 Å². The fourth-order valence-electron chi connectivity index (χ4n) is 2.26. The van der Waals surface area contributed by atoms with E-state index in [1.165, 1.54) is 0 Å². The first kappa shape index (κ1) is 9.33. The van der Waals surface area contributed by atoms with Crippen LogP contribution in [0.3, 0.4) is 0 Å². The van der Waals surface area contributed by atoms with Crippen LogP contribution in [0.1, 0.15) is 23.3 Å². The zero-order chi connectivity index (χ0) is 10.6. The van der Waals surface area contributed by atoms with Gasteiger partial charge in [-0.2, -0.15) is 0 Å². The summed E-state index contributed by atoms with van der Waals surface area (Å²) in [5.74, 6) is 0. The van der Waals surface area contributed by atoms with Crippen LogP contribution >= 0.6 is 15.9 Å². The standard InChI is InChI=1S/C12H9BrO2/c13-9-5-4-8-10-6(9)2-1-3-7(10)11(14)12(8)15/h1-5,11-12,14-15H/t11-,12-/m0/s1. The SMILES string of the molecule is O[C@H]1c2cccc3c(Br)ccc(c23)[C@@H]1O. The van der Waals surface area contributed by atoms with Crippen molar-refractivity contribution in [2.75, 3.05) is 0 Å². The van der Waals surface area contributed by atoms with Crippen LogP contribution in [-0.4, -0.2) is 10.2 Å². The van der Waals surface area contributed by atoms with Crippen molar-refractivity contribution in [2.24, 2.45) is 0 Å². The van der Waals surface area contributed by atoms with Gasteiger partial charge < -0.3 is 10.2 Å². The Balaban J connectivity index is 2.51. The lowest BCUT2D eigenvalue weighted by atomic mass is 10.1. The third-order valence-corrected chi connectivity index (χ3v) is 3.68. The Labute approximate surface area is 95.3 Å². The molecule has 2 atom stereocenters. The second-order valence-electron chi connectivity index (χ2n) is 3.80. The lowest BCUT2D eigenvalue weighted by molar-refractivity contribution is 0.0253. The summed E-state index contributed by atoms with van der Waals surface area (Å²) in [6.07, 6.45) is -1.59. The summed E-state index contributed by atoms with van der Waals surface area (Å²) in [5.41, 5.74) is 1.63. The van der Waals surface area contributed by atoms with Gasteiger partial charge in [0.05, 0.1) is 0 Å². The highest BCUT2D eigenvalue weighted by Gasteiger charge is 2.31. The van der Waals surface area contributed by atoms with E-state index in [1.807, 2.05) is 30.3 Å². The van der Waals surface area contributed by atoms with Gasteiger partial charge in [0.15, 0.2) is 0 Å². The quantitative estimate of drug-likeness (QED) is 0.768. The summed E-state index contributed by atoms with van der Waals surface area (Å²) in [6, 6.07) is 9.50. The Morgan fingerprint density at radius 3 is 2.33 bits per heavy atom. The van der Waals surface area contributed by atoms with Crippen LogP contribution in [0.25, 0.3) is 10.8 Å². The van der Waals surface area contributed by atoms with Gasteiger partial charge in [-0.1, -0.05) is 40.2 Å². The van der Waals surface area contributed by atoms with E-state index < -0.39 is 12.2 Å². The van der Waals surface area contributed by atoms with E-state index in [4.69, 9.17) is 0 Å². The van der Waals surface area contributed by atoms with E-state index in [-0.39, 0.29) is 0 Å². The molecule has 76 valence electrons. The molecule has 2 nitrogen and oxygen atoms in total. The largest absolute Gasteiger partial charge is 0.385 e. The highest BCUT2D eigenvalue weighted by atomic mass is 79.9. The average molecular weight is 265 g/mol. The summed E-state index contributed by atoms with van der Waals surface area (Å²) in [7, 11) is 0. The van der Waals surface area contributed by atoms with Crippen molar-refractivity contribution in [1.29, 1.82) is 0 Å². The van der Waals surface area contributed by atoms with Gasteiger partial charge >= 0.3 is 0 Å². The molecule has 0 bridgehead atoms. The summed E-state index contributed by atoms with van der Waals surface area (Å²) >= 11 is 3.47. The molecule has 0 saturated heterocycles. The first-order valence-electron chi connectivity index (χ1n) is 4.77. The molecule has 15 heavy (non-hydrogen) atoms. The zero-order valence-corrected chi connectivity index (χ0v) is 9.40. The topological polar surface area (TPSA) is 40.5 Å². The fraction of sp³-hybridized carbons (Fsp3) is 0.167. The predicted molar refractivity (Wildman–Crippen MR) is 61.6 cm³/mol. The van der Waals surface area contributed by atoms with Crippen LogP contribution in [0.5, 0.6) is 0 Å². The van der Waals surface area contributed by atoms with Gasteiger partial charge in [0.2, 0.25) is 0 Å². The molecule has 1 aliphatic carbocycles. The van der Waals surface area contributed by atoms with Gasteiger partial charge in [0.1, 0.15) is 12.2 Å². The van der Waals surface area contributed by atoms with Gasteiger partial charge in [-0.15, -0.1) is 0 Å². The number of hydrogen-bond acceptors (Lipinski definition) is 2. The lowest BCUT2D eigenvalue weighted by Crippen LogP contribution is -2.02. The number of hydrogen-bond donors (Lipinski definition) is 2. The van der Waals surface area contributed by atoms with E-state index >= 15 is 0 Å². The summed E-state index contributed by atoms with van der Waals surface area (Å²) < 4.78 is 0.990. The Hall–Kier alpha value is -0.900. The molecule has 0 radical (unpaired) electrons. The Bertz CT molecular complexity index is 536. The van der Waals surface area contributed by atoms with Crippen LogP contribution < -0.4 is 0 Å². The number of aliphatic hydroxyl groups is 2. The Morgan fingerprint density at radius 2 is 1.60 bits per heavy atom. The van der Waals surface area contributed by atoms with Crippen molar-refractivity contribution in [3.05, 3.63) is 45.9 Å². The average Bonchev–Trinajstić information content (AvgIpc) is 2.50. The molecule has 2 aromatic rings. The molecule has 0 spiro atoms. The van der Waals surface area contributed by atoms with Crippen molar-refractivity contribution in [3.8, 4) is 0 Å². The van der Waals surface area contributed by atoms with Gasteiger partial charge in [-0.25, -0.2) is 0 Å². The van der Waals surface area contributed by atoms with Crippen LogP contribution in [0.15, 0.2) is 34.8 Å². The van der Waals surface area contributed by atoms with Crippen LogP contribution in [0.4, 0.5) is 0 Å². The molecule has 0 heterocycles. The molecule has 0 aliphatic heterocycles. The molecule has 0 amide bonds. The molecule has 3 heteroatoms. The number of benzene rings is 2. The fourth-order valence-corrected chi connectivity index (χ4v) is 2.72. The molecule has 0 unspecified atom stereocenters. The molecule has 3 rings (SSSR count). The summed E-state index contributed by atoms with van der Waals surface area (Å²) in [4.78, 5) is 0. The van der Waals surface area contributed by atoms with E-state index in [1.54, 1.807) is 0 Å². The van der Waals surface area contributed by atoms with Crippen molar-refractivity contribution < 1.29 is 10.2 Å². The number of aliphatic hydroxyl groups excluding tert-OH is 2. The highest BCUT2D eigenvalue weighted by molar-refractivity contribution is 9.10. The first-order chi connectivity index (χ1) is 7.20. The van der Waals surface area contributed by atoms with E-state index in [0.717, 1.165) is 26.4 Å². The maximum atomic E-state index is 9.86. The molecule has 1 aliphatic rings. The van der Waals surface area contributed by atoms with Crippen molar-refractivity contribution in [2.45, 2.75) is 12.2 Å².